The molecular weight excluding hydrogens is 216 g/mol. The molecule has 1 saturated carbocycles. The Morgan fingerprint density at radius 2 is 2.06 bits per heavy atom. The van der Waals surface area contributed by atoms with Crippen LogP contribution in [0.25, 0.3) is 11.3 Å². The van der Waals surface area contributed by atoms with Crippen molar-refractivity contribution >= 4 is 5.91 Å². The molecule has 1 heterocycles. The molecule has 86 valence electrons. The van der Waals surface area contributed by atoms with E-state index >= 15 is 0 Å². The monoisotopic (exact) mass is 228 g/mol. The van der Waals surface area contributed by atoms with Gasteiger partial charge in [-0.25, -0.2) is 0 Å². The molecule has 4 nitrogen and oxygen atoms in total. The highest BCUT2D eigenvalue weighted by Crippen LogP contribution is 2.21. The number of carbonyl (C=O) groups excluding carboxylic acids is 1. The van der Waals surface area contributed by atoms with E-state index < -0.39 is 0 Å². The highest BCUT2D eigenvalue weighted by molar-refractivity contribution is 5.92. The maximum Gasteiger partial charge on any atom is 0.290 e. The molecule has 1 aromatic heterocycles. The summed E-state index contributed by atoms with van der Waals surface area (Å²) in [6.45, 7) is 0. The number of carbonyl (C=O) groups is 1. The number of aromatic nitrogens is 1. The molecule has 4 heteroatoms. The van der Waals surface area contributed by atoms with E-state index in [9.17, 15) is 4.79 Å². The van der Waals surface area contributed by atoms with Gasteiger partial charge in [-0.05, 0) is 12.8 Å². The second-order valence-corrected chi connectivity index (χ2v) is 4.19. The summed E-state index contributed by atoms with van der Waals surface area (Å²) in [5.41, 5.74) is 1.63. The zero-order chi connectivity index (χ0) is 11.7. The Bertz CT molecular complexity index is 529. The van der Waals surface area contributed by atoms with Crippen LogP contribution in [0.4, 0.5) is 0 Å². The first-order valence-corrected chi connectivity index (χ1v) is 5.66. The van der Waals surface area contributed by atoms with E-state index in [0.717, 1.165) is 18.4 Å². The molecule has 0 spiro atoms. The Kier molecular flexibility index (Phi) is 2.40. The van der Waals surface area contributed by atoms with Crippen molar-refractivity contribution in [3.8, 4) is 11.3 Å². The predicted molar refractivity (Wildman–Crippen MR) is 62.4 cm³/mol. The molecule has 1 N–H and O–H groups in total. The number of nitrogens with one attached hydrogen (secondary N) is 1. The molecule has 0 bridgehead atoms. The van der Waals surface area contributed by atoms with Gasteiger partial charge in [-0.2, -0.15) is 0 Å². The highest BCUT2D eigenvalue weighted by atomic mass is 16.5. The molecule has 1 aliphatic rings. The number of hydrogen-bond acceptors (Lipinski definition) is 3. The number of nitrogens with zero attached hydrogens (tertiary/aromatic N) is 1. The molecule has 1 aliphatic carbocycles. The Morgan fingerprint density at radius 3 is 2.76 bits per heavy atom. The fraction of sp³-hybridized carbons (Fsp3) is 0.231. The van der Waals surface area contributed by atoms with Gasteiger partial charge in [-0.1, -0.05) is 35.5 Å². The van der Waals surface area contributed by atoms with Gasteiger partial charge in [0, 0.05) is 17.7 Å². The lowest BCUT2D eigenvalue weighted by Crippen LogP contribution is -2.24. The minimum atomic E-state index is -0.179. The first-order valence-electron chi connectivity index (χ1n) is 5.66. The van der Waals surface area contributed by atoms with E-state index in [-0.39, 0.29) is 11.7 Å². The molecular formula is C13H12N2O2. The molecule has 0 atom stereocenters. The van der Waals surface area contributed by atoms with Crippen molar-refractivity contribution in [2.24, 2.45) is 0 Å². The quantitative estimate of drug-likeness (QED) is 0.876. The van der Waals surface area contributed by atoms with Gasteiger partial charge in [0.25, 0.3) is 5.91 Å². The molecule has 1 fully saturated rings. The number of rotatable bonds is 3. The lowest BCUT2D eigenvalue weighted by molar-refractivity contribution is 0.0914. The van der Waals surface area contributed by atoms with Crippen LogP contribution in [-0.4, -0.2) is 17.1 Å². The van der Waals surface area contributed by atoms with Crippen LogP contribution < -0.4 is 5.32 Å². The summed E-state index contributed by atoms with van der Waals surface area (Å²) in [5.74, 6) is 0.0953. The molecule has 1 aromatic carbocycles. The van der Waals surface area contributed by atoms with Gasteiger partial charge in [0.1, 0.15) is 5.69 Å². The largest absolute Gasteiger partial charge is 0.350 e. The Balaban J connectivity index is 1.80. The summed E-state index contributed by atoms with van der Waals surface area (Å²) >= 11 is 0. The van der Waals surface area contributed by atoms with Crippen LogP contribution in [-0.2, 0) is 0 Å². The van der Waals surface area contributed by atoms with Crippen molar-refractivity contribution in [3.63, 3.8) is 0 Å². The minimum Gasteiger partial charge on any atom is -0.350 e. The zero-order valence-corrected chi connectivity index (χ0v) is 9.22. The van der Waals surface area contributed by atoms with Crippen molar-refractivity contribution in [1.29, 1.82) is 0 Å². The molecule has 0 saturated heterocycles. The van der Waals surface area contributed by atoms with Crippen molar-refractivity contribution in [3.05, 3.63) is 42.2 Å². The van der Waals surface area contributed by atoms with E-state index in [0.29, 0.717) is 11.7 Å². The number of amides is 1. The third-order valence-corrected chi connectivity index (χ3v) is 2.72. The Hall–Kier alpha value is -2.10. The maximum atomic E-state index is 11.7. The molecule has 0 unspecified atom stereocenters. The molecule has 17 heavy (non-hydrogen) atoms. The SMILES string of the molecule is O=C(NC1CC1)c1cc(-c2ccccc2)no1. The third-order valence-electron chi connectivity index (χ3n) is 2.72. The van der Waals surface area contributed by atoms with E-state index in [1.54, 1.807) is 6.07 Å². The van der Waals surface area contributed by atoms with Crippen LogP contribution >= 0.6 is 0 Å². The van der Waals surface area contributed by atoms with Gasteiger partial charge in [0.05, 0.1) is 0 Å². The smallest absolute Gasteiger partial charge is 0.290 e. The zero-order valence-electron chi connectivity index (χ0n) is 9.22. The second kappa shape index (κ2) is 4.05. The van der Waals surface area contributed by atoms with Crippen molar-refractivity contribution in [2.75, 3.05) is 0 Å². The highest BCUT2D eigenvalue weighted by Gasteiger charge is 2.25. The summed E-state index contributed by atoms with van der Waals surface area (Å²) in [5, 5.41) is 6.76. The summed E-state index contributed by atoms with van der Waals surface area (Å²) in [4.78, 5) is 11.7. The summed E-state index contributed by atoms with van der Waals surface area (Å²) < 4.78 is 5.05. The first-order chi connectivity index (χ1) is 8.33. The van der Waals surface area contributed by atoms with Crippen molar-refractivity contribution in [1.82, 2.24) is 10.5 Å². The second-order valence-electron chi connectivity index (χ2n) is 4.19. The summed E-state index contributed by atoms with van der Waals surface area (Å²) in [6.07, 6.45) is 2.12. The maximum absolute atomic E-state index is 11.7. The number of benzene rings is 1. The molecule has 0 aliphatic heterocycles. The number of hydrogen-bond donors (Lipinski definition) is 1. The fourth-order valence-corrected chi connectivity index (χ4v) is 1.61. The van der Waals surface area contributed by atoms with Crippen LogP contribution in [0, 0.1) is 0 Å². The van der Waals surface area contributed by atoms with Gasteiger partial charge in [-0.3, -0.25) is 4.79 Å². The van der Waals surface area contributed by atoms with Gasteiger partial charge in [-0.15, -0.1) is 0 Å². The lowest BCUT2D eigenvalue weighted by Gasteiger charge is -1.96. The fourth-order valence-electron chi connectivity index (χ4n) is 1.61. The molecule has 2 aromatic rings. The van der Waals surface area contributed by atoms with E-state index in [4.69, 9.17) is 4.52 Å². The average molecular weight is 228 g/mol. The third kappa shape index (κ3) is 2.20. The Labute approximate surface area is 98.6 Å². The van der Waals surface area contributed by atoms with Gasteiger partial charge >= 0.3 is 0 Å². The average Bonchev–Trinajstić information content (AvgIpc) is 3.04. The normalized spacial score (nSPS) is 14.6. The minimum absolute atomic E-state index is 0.179. The van der Waals surface area contributed by atoms with E-state index in [2.05, 4.69) is 10.5 Å². The van der Waals surface area contributed by atoms with Crippen molar-refractivity contribution in [2.45, 2.75) is 18.9 Å². The van der Waals surface area contributed by atoms with E-state index in [1.807, 2.05) is 30.3 Å². The standard InChI is InChI=1S/C13H12N2O2/c16-13(14-10-6-7-10)12-8-11(15-17-12)9-4-2-1-3-5-9/h1-5,8,10H,6-7H2,(H,14,16). The predicted octanol–water partition coefficient (Wildman–Crippen LogP) is 2.23. The Morgan fingerprint density at radius 1 is 1.29 bits per heavy atom. The van der Waals surface area contributed by atoms with Crippen LogP contribution in [0.3, 0.4) is 0 Å². The molecule has 1 amide bonds. The van der Waals surface area contributed by atoms with Crippen LogP contribution in [0.2, 0.25) is 0 Å². The van der Waals surface area contributed by atoms with Crippen molar-refractivity contribution < 1.29 is 9.32 Å². The molecule has 3 rings (SSSR count). The first kappa shape index (κ1) is 10.1. The summed E-state index contributed by atoms with van der Waals surface area (Å²) in [6, 6.07) is 11.6. The molecule has 0 radical (unpaired) electrons. The van der Waals surface area contributed by atoms with Gasteiger partial charge < -0.3 is 9.84 Å². The van der Waals surface area contributed by atoms with Crippen LogP contribution in [0.1, 0.15) is 23.4 Å². The summed E-state index contributed by atoms with van der Waals surface area (Å²) in [7, 11) is 0. The van der Waals surface area contributed by atoms with Crippen LogP contribution in [0.15, 0.2) is 40.9 Å². The van der Waals surface area contributed by atoms with Gasteiger partial charge in [0.2, 0.25) is 5.76 Å². The topological polar surface area (TPSA) is 55.1 Å². The van der Waals surface area contributed by atoms with E-state index in [1.165, 1.54) is 0 Å². The van der Waals surface area contributed by atoms with Gasteiger partial charge in [0.15, 0.2) is 0 Å². The van der Waals surface area contributed by atoms with Crippen LogP contribution in [0.5, 0.6) is 0 Å². The lowest BCUT2D eigenvalue weighted by atomic mass is 10.1.